The molecule has 0 aliphatic carbocycles. The fourth-order valence-electron chi connectivity index (χ4n) is 4.15. The van der Waals surface area contributed by atoms with Crippen LogP contribution in [-0.2, 0) is 26.8 Å². The largest absolute Gasteiger partial charge is 0.487 e. The van der Waals surface area contributed by atoms with Gasteiger partial charge >= 0.3 is 7.60 Å². The van der Waals surface area contributed by atoms with Crippen molar-refractivity contribution in [3.8, 4) is 34.4 Å². The number of ether oxygens (including phenoxy) is 2. The Morgan fingerprint density at radius 1 is 0.721 bits per heavy atom. The van der Waals surface area contributed by atoms with Gasteiger partial charge in [0, 0.05) is 16.9 Å². The Bertz CT molecular complexity index is 1670. The van der Waals surface area contributed by atoms with E-state index in [0.717, 1.165) is 16.8 Å². The minimum atomic E-state index is -3.42. The second kappa shape index (κ2) is 14.2. The molecule has 0 radical (unpaired) electrons. The molecule has 0 bridgehead atoms. The van der Waals surface area contributed by atoms with E-state index in [9.17, 15) is 4.57 Å². The minimum absolute atomic E-state index is 0.0910. The highest BCUT2D eigenvalue weighted by Gasteiger charge is 2.21. The molecule has 2 aromatic heterocycles. The van der Waals surface area contributed by atoms with Crippen molar-refractivity contribution in [3.05, 3.63) is 114 Å². The first-order valence-electron chi connectivity index (χ1n) is 14.0. The van der Waals surface area contributed by atoms with E-state index in [2.05, 4.69) is 9.97 Å². The Hall–Kier alpha value is -4.43. The number of hydrogen-bond acceptors (Lipinski definition) is 9. The molecule has 10 heteroatoms. The number of oxazole rings is 2. The van der Waals surface area contributed by atoms with E-state index in [4.69, 9.17) is 27.4 Å². The van der Waals surface area contributed by atoms with Crippen molar-refractivity contribution in [2.45, 2.75) is 34.0 Å². The van der Waals surface area contributed by atoms with Gasteiger partial charge in [-0.1, -0.05) is 36.4 Å². The van der Waals surface area contributed by atoms with E-state index < -0.39 is 7.60 Å². The molecule has 0 N–H and O–H groups in total. The molecule has 3 aromatic carbocycles. The van der Waals surface area contributed by atoms with E-state index in [1.165, 1.54) is 5.82 Å². The fraction of sp³-hybridized carbons (Fsp3) is 0.212. The molecule has 0 atom stereocenters. The number of aryl methyl sites for hydroxylation is 1. The first-order chi connectivity index (χ1) is 21.0. The average Bonchev–Trinajstić information content (AvgIpc) is 3.62. The molecule has 0 fully saturated rings. The molecular formula is C33H33N2O7P. The van der Waals surface area contributed by atoms with Crippen molar-refractivity contribution in [2.75, 3.05) is 13.2 Å². The van der Waals surface area contributed by atoms with Crippen molar-refractivity contribution >= 4 is 13.7 Å². The molecule has 0 saturated heterocycles. The average molecular weight is 601 g/mol. The van der Waals surface area contributed by atoms with Crippen molar-refractivity contribution in [1.29, 1.82) is 0 Å². The summed E-state index contributed by atoms with van der Waals surface area (Å²) in [7, 11) is -3.42. The number of aromatic nitrogens is 2. The van der Waals surface area contributed by atoms with Crippen LogP contribution in [-0.4, -0.2) is 23.2 Å². The van der Waals surface area contributed by atoms with Gasteiger partial charge in [-0.15, -0.1) is 0 Å². The number of nitrogens with zero attached hydrogens (tertiary/aromatic N) is 2. The third kappa shape index (κ3) is 7.90. The van der Waals surface area contributed by atoms with Crippen LogP contribution >= 0.6 is 7.60 Å². The second-order valence-corrected chi connectivity index (χ2v) is 11.2. The van der Waals surface area contributed by atoms with Crippen LogP contribution in [0.15, 0.2) is 99.6 Å². The summed E-state index contributed by atoms with van der Waals surface area (Å²) < 4.78 is 47.6. The molecule has 0 aliphatic rings. The zero-order valence-electron chi connectivity index (χ0n) is 24.3. The monoisotopic (exact) mass is 600 g/mol. The van der Waals surface area contributed by atoms with Crippen LogP contribution in [0.2, 0.25) is 0 Å². The molecule has 222 valence electrons. The van der Waals surface area contributed by atoms with Gasteiger partial charge in [-0.2, -0.15) is 0 Å². The predicted octanol–water partition coefficient (Wildman–Crippen LogP) is 8.70. The SMILES string of the molecule is CCOP(=O)(/C=C/c1nc(-c2ccccc2)oc1COc1ccc(OCc2nc(-c3ccccc3)oc2C)cc1)OCC. The molecule has 0 aliphatic heterocycles. The Morgan fingerprint density at radius 2 is 1.26 bits per heavy atom. The van der Waals surface area contributed by atoms with E-state index in [1.807, 2.05) is 91.9 Å². The summed E-state index contributed by atoms with van der Waals surface area (Å²) in [5.41, 5.74) is 2.92. The Balaban J connectivity index is 1.26. The van der Waals surface area contributed by atoms with Gasteiger partial charge < -0.3 is 27.4 Å². The first-order valence-corrected chi connectivity index (χ1v) is 15.6. The lowest BCUT2D eigenvalue weighted by Crippen LogP contribution is -1.99. The third-order valence-corrected chi connectivity index (χ3v) is 8.01. The van der Waals surface area contributed by atoms with Crippen LogP contribution in [0.4, 0.5) is 0 Å². The van der Waals surface area contributed by atoms with Crippen LogP contribution in [0.5, 0.6) is 11.5 Å². The summed E-state index contributed by atoms with van der Waals surface area (Å²) in [4.78, 5) is 9.20. The van der Waals surface area contributed by atoms with E-state index in [0.29, 0.717) is 40.5 Å². The summed E-state index contributed by atoms with van der Waals surface area (Å²) in [6.07, 6.45) is 1.59. The van der Waals surface area contributed by atoms with E-state index in [1.54, 1.807) is 19.9 Å². The van der Waals surface area contributed by atoms with Crippen LogP contribution in [0, 0.1) is 6.92 Å². The summed E-state index contributed by atoms with van der Waals surface area (Å²) >= 11 is 0. The van der Waals surface area contributed by atoms with Gasteiger partial charge in [0.1, 0.15) is 41.9 Å². The standard InChI is InChI=1S/C33H33N2O7P/c1-4-39-43(36,40-5-2)21-20-29-31(42-33(34-29)26-14-10-7-11-15-26)23-38-28-18-16-27(17-19-28)37-22-30-24(3)41-32(35-30)25-12-8-6-9-13-25/h6-21H,4-5,22-23H2,1-3H3/b21-20+. The normalized spacial score (nSPS) is 11.7. The van der Waals surface area contributed by atoms with E-state index >= 15 is 0 Å². The number of benzene rings is 3. The topological polar surface area (TPSA) is 106 Å². The van der Waals surface area contributed by atoms with Gasteiger partial charge in [0.05, 0.1) is 13.2 Å². The first kappa shape index (κ1) is 30.0. The highest BCUT2D eigenvalue weighted by molar-refractivity contribution is 7.57. The summed E-state index contributed by atoms with van der Waals surface area (Å²) in [6.45, 7) is 6.25. The van der Waals surface area contributed by atoms with Gasteiger partial charge in [-0.25, -0.2) is 9.97 Å². The van der Waals surface area contributed by atoms with Gasteiger partial charge in [0.2, 0.25) is 11.8 Å². The lowest BCUT2D eigenvalue weighted by atomic mass is 10.2. The molecule has 0 saturated carbocycles. The number of hydrogen-bond donors (Lipinski definition) is 0. The maximum Gasteiger partial charge on any atom is 0.354 e. The predicted molar refractivity (Wildman–Crippen MR) is 164 cm³/mol. The molecule has 5 aromatic rings. The molecule has 43 heavy (non-hydrogen) atoms. The summed E-state index contributed by atoms with van der Waals surface area (Å²) in [5, 5.41) is 0. The second-order valence-electron chi connectivity index (χ2n) is 9.32. The van der Waals surface area contributed by atoms with Crippen LogP contribution in [0.25, 0.3) is 29.0 Å². The summed E-state index contributed by atoms with van der Waals surface area (Å²) in [5.74, 6) is 4.84. The van der Waals surface area contributed by atoms with Crippen LogP contribution in [0.1, 0.15) is 36.8 Å². The van der Waals surface area contributed by atoms with Crippen LogP contribution in [0.3, 0.4) is 0 Å². The lowest BCUT2D eigenvalue weighted by molar-refractivity contribution is 0.229. The molecule has 5 rings (SSSR count). The highest BCUT2D eigenvalue weighted by atomic mass is 31.2. The van der Waals surface area contributed by atoms with E-state index in [-0.39, 0.29) is 26.4 Å². The van der Waals surface area contributed by atoms with Crippen LogP contribution < -0.4 is 9.47 Å². The quantitative estimate of drug-likeness (QED) is 0.116. The maximum atomic E-state index is 13.0. The molecule has 0 unspecified atom stereocenters. The Kier molecular flexibility index (Phi) is 9.89. The highest BCUT2D eigenvalue weighted by Crippen LogP contribution is 2.50. The molecular weight excluding hydrogens is 567 g/mol. The van der Waals surface area contributed by atoms with Crippen molar-refractivity contribution in [1.82, 2.24) is 9.97 Å². The van der Waals surface area contributed by atoms with Gasteiger partial charge in [-0.05, 0) is 75.4 Å². The molecule has 0 amide bonds. The van der Waals surface area contributed by atoms with Crippen molar-refractivity contribution < 1.29 is 31.9 Å². The Labute approximate surface area is 250 Å². The zero-order chi connectivity index (χ0) is 30.1. The number of rotatable bonds is 14. The van der Waals surface area contributed by atoms with Crippen molar-refractivity contribution in [3.63, 3.8) is 0 Å². The summed E-state index contributed by atoms with van der Waals surface area (Å²) in [6, 6.07) is 26.5. The lowest BCUT2D eigenvalue weighted by Gasteiger charge is -2.12. The maximum absolute atomic E-state index is 13.0. The minimum Gasteiger partial charge on any atom is -0.487 e. The molecule has 9 nitrogen and oxygen atoms in total. The van der Waals surface area contributed by atoms with Crippen molar-refractivity contribution in [2.24, 2.45) is 0 Å². The third-order valence-electron chi connectivity index (χ3n) is 6.26. The Morgan fingerprint density at radius 3 is 1.81 bits per heavy atom. The fourth-order valence-corrected chi connectivity index (χ4v) is 5.44. The van der Waals surface area contributed by atoms with Gasteiger partial charge in [0.15, 0.2) is 5.76 Å². The zero-order valence-corrected chi connectivity index (χ0v) is 25.2. The smallest absolute Gasteiger partial charge is 0.354 e. The van der Waals surface area contributed by atoms with Gasteiger partial charge in [0.25, 0.3) is 0 Å². The van der Waals surface area contributed by atoms with Gasteiger partial charge in [-0.3, -0.25) is 4.57 Å². The molecule has 2 heterocycles. The molecule has 0 spiro atoms.